The smallest absolute Gasteiger partial charge is 0.378 e. The lowest BCUT2D eigenvalue weighted by Gasteiger charge is -2.17. The van der Waals surface area contributed by atoms with Crippen molar-refractivity contribution < 1.29 is 23.1 Å². The van der Waals surface area contributed by atoms with E-state index in [1.165, 1.54) is 0 Å². The van der Waals surface area contributed by atoms with E-state index in [1.54, 1.807) is 0 Å². The van der Waals surface area contributed by atoms with Crippen LogP contribution in [0.2, 0.25) is 0 Å². The molecule has 0 saturated heterocycles. The summed E-state index contributed by atoms with van der Waals surface area (Å²) in [5.41, 5.74) is -3.44. The second-order valence-corrected chi connectivity index (χ2v) is 3.71. The number of rotatable bonds is 2. The summed E-state index contributed by atoms with van der Waals surface area (Å²) >= 11 is 0.796. The van der Waals surface area contributed by atoms with Gasteiger partial charge in [-0.15, -0.1) is 0 Å². The molecule has 0 saturated carbocycles. The van der Waals surface area contributed by atoms with Gasteiger partial charge in [-0.05, 0) is 12.3 Å². The van der Waals surface area contributed by atoms with Crippen molar-refractivity contribution in [2.45, 2.75) is 18.7 Å². The van der Waals surface area contributed by atoms with E-state index < -0.39 is 22.9 Å². The molecule has 1 aromatic rings. The number of carbonyl (C=O) groups excluding carboxylic acids is 1. The molecule has 0 aliphatic carbocycles. The standard InChI is InChI=1S/C8H7F3O2S/c1-7(13,4-12)5-2-14-3-6(5)8(9,10)11/h2-4,13H,1H3. The summed E-state index contributed by atoms with van der Waals surface area (Å²) < 4.78 is 37.0. The Morgan fingerprint density at radius 1 is 1.36 bits per heavy atom. The van der Waals surface area contributed by atoms with Gasteiger partial charge >= 0.3 is 6.18 Å². The zero-order valence-electron chi connectivity index (χ0n) is 7.13. The monoisotopic (exact) mass is 224 g/mol. The Morgan fingerprint density at radius 3 is 2.29 bits per heavy atom. The highest BCUT2D eigenvalue weighted by molar-refractivity contribution is 7.08. The Labute approximate surface area is 82.0 Å². The highest BCUT2D eigenvalue weighted by Crippen LogP contribution is 2.38. The summed E-state index contributed by atoms with van der Waals surface area (Å²) in [6, 6.07) is 0. The molecule has 0 amide bonds. The minimum absolute atomic E-state index is 0.0876. The van der Waals surface area contributed by atoms with Gasteiger partial charge in [0, 0.05) is 10.9 Å². The molecule has 0 aliphatic rings. The molecular weight excluding hydrogens is 217 g/mol. The van der Waals surface area contributed by atoms with Crippen molar-refractivity contribution in [3.05, 3.63) is 21.9 Å². The molecule has 1 atom stereocenters. The van der Waals surface area contributed by atoms with Gasteiger partial charge < -0.3 is 5.11 Å². The first-order chi connectivity index (χ1) is 6.29. The molecule has 6 heteroatoms. The first-order valence-electron chi connectivity index (χ1n) is 3.61. The van der Waals surface area contributed by atoms with Crippen LogP contribution in [0.25, 0.3) is 0 Å². The number of thiophene rings is 1. The van der Waals surface area contributed by atoms with Crippen LogP contribution in [0.3, 0.4) is 0 Å². The minimum atomic E-state index is -4.54. The molecule has 1 heterocycles. The number of hydrogen-bond donors (Lipinski definition) is 1. The summed E-state index contributed by atoms with van der Waals surface area (Å²) in [5.74, 6) is 0. The Bertz CT molecular complexity index is 341. The molecular formula is C8H7F3O2S. The molecule has 14 heavy (non-hydrogen) atoms. The predicted octanol–water partition coefficient (Wildman–Crippen LogP) is 2.17. The van der Waals surface area contributed by atoms with E-state index in [2.05, 4.69) is 0 Å². The van der Waals surface area contributed by atoms with Crippen LogP contribution in [0.1, 0.15) is 18.1 Å². The minimum Gasteiger partial charge on any atom is -0.378 e. The lowest BCUT2D eigenvalue weighted by atomic mass is 9.97. The second-order valence-electron chi connectivity index (χ2n) is 2.96. The Hall–Kier alpha value is -0.880. The molecule has 1 unspecified atom stereocenters. The number of carbonyl (C=O) groups is 1. The summed E-state index contributed by atoms with van der Waals surface area (Å²) in [6.07, 6.45) is -4.45. The summed E-state index contributed by atoms with van der Waals surface area (Å²) in [6.45, 7) is 1.03. The first-order valence-corrected chi connectivity index (χ1v) is 4.56. The van der Waals surface area contributed by atoms with Gasteiger partial charge in [-0.1, -0.05) is 0 Å². The Balaban J connectivity index is 3.24. The van der Waals surface area contributed by atoms with Crippen molar-refractivity contribution >= 4 is 17.6 Å². The van der Waals surface area contributed by atoms with Gasteiger partial charge in [-0.25, -0.2) is 0 Å². The topological polar surface area (TPSA) is 37.3 Å². The molecule has 1 rings (SSSR count). The van der Waals surface area contributed by atoms with Crippen molar-refractivity contribution in [2.24, 2.45) is 0 Å². The summed E-state index contributed by atoms with van der Waals surface area (Å²) in [4.78, 5) is 10.4. The van der Waals surface area contributed by atoms with E-state index in [0.29, 0.717) is 0 Å². The fourth-order valence-electron chi connectivity index (χ4n) is 0.972. The highest BCUT2D eigenvalue weighted by Gasteiger charge is 2.39. The van der Waals surface area contributed by atoms with E-state index in [0.717, 1.165) is 29.0 Å². The fraction of sp³-hybridized carbons (Fsp3) is 0.375. The first kappa shape index (κ1) is 11.2. The largest absolute Gasteiger partial charge is 0.417 e. The number of alkyl halides is 3. The van der Waals surface area contributed by atoms with E-state index in [1.807, 2.05) is 0 Å². The van der Waals surface area contributed by atoms with Crippen molar-refractivity contribution in [3.8, 4) is 0 Å². The Morgan fingerprint density at radius 2 is 1.86 bits per heavy atom. The third-order valence-corrected chi connectivity index (χ3v) is 2.49. The van der Waals surface area contributed by atoms with Crippen molar-refractivity contribution in [1.82, 2.24) is 0 Å². The van der Waals surface area contributed by atoms with Crippen LogP contribution in [0.4, 0.5) is 13.2 Å². The lowest BCUT2D eigenvalue weighted by molar-refractivity contribution is -0.141. The van der Waals surface area contributed by atoms with E-state index in [-0.39, 0.29) is 6.29 Å². The summed E-state index contributed by atoms with van der Waals surface area (Å²) in [5, 5.41) is 11.4. The molecule has 0 fully saturated rings. The van der Waals surface area contributed by atoms with Crippen LogP contribution in [-0.4, -0.2) is 11.4 Å². The predicted molar refractivity (Wildman–Crippen MR) is 45.0 cm³/mol. The average molecular weight is 224 g/mol. The maximum Gasteiger partial charge on any atom is 0.417 e. The van der Waals surface area contributed by atoms with Gasteiger partial charge in [0.25, 0.3) is 0 Å². The normalized spacial score (nSPS) is 16.4. The van der Waals surface area contributed by atoms with Crippen LogP contribution < -0.4 is 0 Å². The van der Waals surface area contributed by atoms with Crippen molar-refractivity contribution in [3.63, 3.8) is 0 Å². The number of halogens is 3. The third kappa shape index (κ3) is 1.96. The molecule has 0 spiro atoms. The highest BCUT2D eigenvalue weighted by atomic mass is 32.1. The van der Waals surface area contributed by atoms with Crippen LogP contribution in [0.15, 0.2) is 10.8 Å². The van der Waals surface area contributed by atoms with Gasteiger partial charge in [0.15, 0.2) is 6.29 Å². The van der Waals surface area contributed by atoms with Crippen molar-refractivity contribution in [1.29, 1.82) is 0 Å². The molecule has 0 radical (unpaired) electrons. The quantitative estimate of drug-likeness (QED) is 0.782. The number of aliphatic hydroxyl groups is 1. The number of hydrogen-bond acceptors (Lipinski definition) is 3. The molecule has 1 aromatic heterocycles. The Kier molecular flexibility index (Phi) is 2.69. The maximum atomic E-state index is 12.3. The van der Waals surface area contributed by atoms with Gasteiger partial charge in [0.1, 0.15) is 5.60 Å². The van der Waals surface area contributed by atoms with Gasteiger partial charge in [0.2, 0.25) is 0 Å². The summed E-state index contributed by atoms with van der Waals surface area (Å²) in [7, 11) is 0. The molecule has 0 aromatic carbocycles. The second kappa shape index (κ2) is 3.36. The SMILES string of the molecule is CC(O)(C=O)c1cscc1C(F)(F)F. The van der Waals surface area contributed by atoms with Gasteiger partial charge in [-0.2, -0.15) is 24.5 Å². The zero-order chi connectivity index (χ0) is 11.0. The van der Waals surface area contributed by atoms with Gasteiger partial charge in [-0.3, -0.25) is 4.79 Å². The van der Waals surface area contributed by atoms with Crippen molar-refractivity contribution in [2.75, 3.05) is 0 Å². The number of aldehydes is 1. The van der Waals surface area contributed by atoms with Gasteiger partial charge in [0.05, 0.1) is 5.56 Å². The molecule has 0 aliphatic heterocycles. The average Bonchev–Trinajstić information content (AvgIpc) is 2.51. The van der Waals surface area contributed by atoms with E-state index >= 15 is 0 Å². The van der Waals surface area contributed by atoms with Crippen LogP contribution in [0.5, 0.6) is 0 Å². The molecule has 78 valence electrons. The molecule has 1 N–H and O–H groups in total. The van der Waals surface area contributed by atoms with E-state index in [9.17, 15) is 23.1 Å². The van der Waals surface area contributed by atoms with Crippen LogP contribution in [-0.2, 0) is 16.6 Å². The van der Waals surface area contributed by atoms with Crippen LogP contribution in [0, 0.1) is 0 Å². The van der Waals surface area contributed by atoms with E-state index in [4.69, 9.17) is 0 Å². The fourth-order valence-corrected chi connectivity index (χ4v) is 1.94. The third-order valence-electron chi connectivity index (χ3n) is 1.74. The lowest BCUT2D eigenvalue weighted by Crippen LogP contribution is -2.25. The molecule has 2 nitrogen and oxygen atoms in total. The zero-order valence-corrected chi connectivity index (χ0v) is 7.95. The molecule has 0 bridgehead atoms. The van der Waals surface area contributed by atoms with Crippen LogP contribution >= 0.6 is 11.3 Å². The maximum absolute atomic E-state index is 12.3.